The average Bonchev–Trinajstić information content (AvgIpc) is 2.70. The van der Waals surface area contributed by atoms with E-state index in [9.17, 15) is 20.0 Å². The quantitative estimate of drug-likeness (QED) is 0.346. The van der Waals surface area contributed by atoms with Crippen molar-refractivity contribution in [1.29, 1.82) is 0 Å². The Morgan fingerprint density at radius 3 is 2.55 bits per heavy atom. The van der Waals surface area contributed by atoms with Crippen LogP contribution in [0.25, 0.3) is 0 Å². The van der Waals surface area contributed by atoms with Crippen LogP contribution >= 0.6 is 0 Å². The first-order chi connectivity index (χ1) is 13.9. The van der Waals surface area contributed by atoms with Gasteiger partial charge in [-0.05, 0) is 43.9 Å². The summed E-state index contributed by atoms with van der Waals surface area (Å²) < 4.78 is 5.58. The van der Waals surface area contributed by atoms with Crippen molar-refractivity contribution in [3.8, 4) is 5.75 Å². The zero-order chi connectivity index (χ0) is 21.2. The molecule has 0 aromatic heterocycles. The summed E-state index contributed by atoms with van der Waals surface area (Å²) in [6.07, 6.45) is 1.92. The molecule has 2 aromatic carbocycles. The van der Waals surface area contributed by atoms with E-state index in [0.29, 0.717) is 25.3 Å². The van der Waals surface area contributed by atoms with E-state index in [2.05, 4.69) is 0 Å². The van der Waals surface area contributed by atoms with Gasteiger partial charge in [0.25, 0.3) is 5.69 Å². The van der Waals surface area contributed by atoms with Crippen LogP contribution in [-0.2, 0) is 11.3 Å². The largest absolute Gasteiger partial charge is 0.493 e. The first-order valence-corrected chi connectivity index (χ1v) is 9.75. The fourth-order valence-electron chi connectivity index (χ4n) is 3.01. The minimum atomic E-state index is -0.915. The second-order valence-electron chi connectivity index (χ2n) is 7.05. The molecular formula is C22H28N2O5. The zero-order valence-corrected chi connectivity index (χ0v) is 16.9. The normalized spacial score (nSPS) is 11.7. The number of unbranched alkanes of at least 4 members (excludes halogenated alkanes) is 2. The number of benzene rings is 2. The second kappa shape index (κ2) is 11.2. The minimum absolute atomic E-state index is 0.110. The second-order valence-corrected chi connectivity index (χ2v) is 7.05. The number of aliphatic hydroxyl groups excluding tert-OH is 1. The number of carbonyl (C=O) groups is 1. The summed E-state index contributed by atoms with van der Waals surface area (Å²) in [6.45, 7) is 2.50. The van der Waals surface area contributed by atoms with Crippen LogP contribution in [0.5, 0.6) is 5.75 Å². The summed E-state index contributed by atoms with van der Waals surface area (Å²) in [7, 11) is 1.81. The summed E-state index contributed by atoms with van der Waals surface area (Å²) in [5.41, 5.74) is 1.22. The Labute approximate surface area is 171 Å². The van der Waals surface area contributed by atoms with Crippen LogP contribution in [0.3, 0.4) is 0 Å². The van der Waals surface area contributed by atoms with E-state index >= 15 is 0 Å². The van der Waals surface area contributed by atoms with Crippen molar-refractivity contribution in [2.24, 2.45) is 0 Å². The van der Waals surface area contributed by atoms with Gasteiger partial charge in [0.15, 0.2) is 0 Å². The monoisotopic (exact) mass is 400 g/mol. The number of nitro benzene ring substituents is 1. The number of amides is 1. The molecule has 156 valence electrons. The highest BCUT2D eigenvalue weighted by Crippen LogP contribution is 2.29. The van der Waals surface area contributed by atoms with E-state index in [-0.39, 0.29) is 17.2 Å². The van der Waals surface area contributed by atoms with Gasteiger partial charge in [0.05, 0.1) is 29.3 Å². The van der Waals surface area contributed by atoms with Crippen LogP contribution in [0, 0.1) is 10.1 Å². The number of nitrogens with zero attached hydrogens (tertiary/aromatic N) is 2. The third kappa shape index (κ3) is 7.19. The molecule has 0 aliphatic rings. The van der Waals surface area contributed by atoms with Gasteiger partial charge in [-0.1, -0.05) is 30.3 Å². The Hall–Kier alpha value is -2.93. The third-order valence-electron chi connectivity index (χ3n) is 4.64. The molecule has 0 aliphatic heterocycles. The molecule has 1 N–H and O–H groups in total. The van der Waals surface area contributed by atoms with Gasteiger partial charge in [-0.2, -0.15) is 0 Å². The predicted octanol–water partition coefficient (Wildman–Crippen LogP) is 4.25. The Morgan fingerprint density at radius 2 is 1.90 bits per heavy atom. The fourth-order valence-corrected chi connectivity index (χ4v) is 3.01. The number of aliphatic hydroxyl groups is 1. The molecule has 0 bridgehead atoms. The number of hydrogen-bond donors (Lipinski definition) is 1. The lowest BCUT2D eigenvalue weighted by Gasteiger charge is -2.17. The third-order valence-corrected chi connectivity index (χ3v) is 4.64. The Kier molecular flexibility index (Phi) is 8.61. The summed E-state index contributed by atoms with van der Waals surface area (Å²) in [5, 5.41) is 20.7. The van der Waals surface area contributed by atoms with Gasteiger partial charge in [0.2, 0.25) is 5.91 Å². The van der Waals surface area contributed by atoms with Crippen molar-refractivity contribution in [1.82, 2.24) is 4.90 Å². The van der Waals surface area contributed by atoms with Gasteiger partial charge in [0.1, 0.15) is 5.75 Å². The number of carbonyl (C=O) groups excluding carboxylic acids is 1. The van der Waals surface area contributed by atoms with Crippen LogP contribution in [0.2, 0.25) is 0 Å². The Balaban J connectivity index is 1.68. The van der Waals surface area contributed by atoms with Gasteiger partial charge in [-0.25, -0.2) is 0 Å². The molecule has 2 rings (SSSR count). The highest BCUT2D eigenvalue weighted by molar-refractivity contribution is 5.75. The molecule has 1 amide bonds. The first-order valence-electron chi connectivity index (χ1n) is 9.75. The van der Waals surface area contributed by atoms with Crippen LogP contribution in [0.4, 0.5) is 5.69 Å². The van der Waals surface area contributed by atoms with Crippen molar-refractivity contribution >= 4 is 11.6 Å². The molecule has 29 heavy (non-hydrogen) atoms. The molecule has 0 saturated heterocycles. The highest BCUT2D eigenvalue weighted by atomic mass is 16.6. The molecule has 0 spiro atoms. The SMILES string of the molecule is CC(O)c1ccc(OCCCCCC(=O)N(C)Cc2ccccc2)cc1[N+](=O)[O-]. The molecule has 1 atom stereocenters. The van der Waals surface area contributed by atoms with Gasteiger partial charge in [0, 0.05) is 20.0 Å². The maximum Gasteiger partial charge on any atom is 0.278 e. The number of nitro groups is 1. The van der Waals surface area contributed by atoms with Crippen LogP contribution < -0.4 is 4.74 Å². The first kappa shape index (κ1) is 22.4. The van der Waals surface area contributed by atoms with Crippen LogP contribution in [0.1, 0.15) is 49.8 Å². The van der Waals surface area contributed by atoms with Gasteiger partial charge < -0.3 is 14.7 Å². The summed E-state index contributed by atoms with van der Waals surface area (Å²) in [4.78, 5) is 24.5. The lowest BCUT2D eigenvalue weighted by atomic mass is 10.1. The van der Waals surface area contributed by atoms with Crippen LogP contribution in [-0.4, -0.2) is 34.5 Å². The maximum atomic E-state index is 12.2. The lowest BCUT2D eigenvalue weighted by Crippen LogP contribution is -2.25. The summed E-state index contributed by atoms with van der Waals surface area (Å²) >= 11 is 0. The van der Waals surface area contributed by atoms with Crippen molar-refractivity contribution in [2.75, 3.05) is 13.7 Å². The zero-order valence-electron chi connectivity index (χ0n) is 16.9. The fraction of sp³-hybridized carbons (Fsp3) is 0.409. The highest BCUT2D eigenvalue weighted by Gasteiger charge is 2.18. The number of ether oxygens (including phenoxy) is 1. The summed E-state index contributed by atoms with van der Waals surface area (Å²) in [5.74, 6) is 0.513. The molecular weight excluding hydrogens is 372 g/mol. The van der Waals surface area contributed by atoms with Crippen molar-refractivity contribution in [3.05, 3.63) is 69.8 Å². The van der Waals surface area contributed by atoms with E-state index in [0.717, 1.165) is 24.8 Å². The molecule has 7 heteroatoms. The molecule has 0 aliphatic carbocycles. The molecule has 0 saturated carbocycles. The Bertz CT molecular complexity index is 808. The molecule has 0 fully saturated rings. The predicted molar refractivity (Wildman–Crippen MR) is 111 cm³/mol. The Morgan fingerprint density at radius 1 is 1.17 bits per heavy atom. The van der Waals surface area contributed by atoms with E-state index in [1.165, 1.54) is 19.1 Å². The summed E-state index contributed by atoms with van der Waals surface area (Å²) in [6, 6.07) is 14.3. The number of rotatable bonds is 11. The topological polar surface area (TPSA) is 92.9 Å². The van der Waals surface area contributed by atoms with Crippen molar-refractivity contribution in [2.45, 2.75) is 45.3 Å². The molecule has 2 aromatic rings. The molecule has 7 nitrogen and oxygen atoms in total. The van der Waals surface area contributed by atoms with E-state index in [1.54, 1.807) is 11.0 Å². The smallest absolute Gasteiger partial charge is 0.278 e. The standard InChI is InChI=1S/C22H28N2O5/c1-17(25)20-13-12-19(15-21(20)24(27)28)29-14-8-4-7-11-22(26)23(2)16-18-9-5-3-6-10-18/h3,5-6,9-10,12-13,15,17,25H,4,7-8,11,14,16H2,1-2H3. The van der Waals surface area contributed by atoms with E-state index in [1.807, 2.05) is 37.4 Å². The van der Waals surface area contributed by atoms with Crippen LogP contribution in [0.15, 0.2) is 48.5 Å². The number of hydrogen-bond acceptors (Lipinski definition) is 5. The average molecular weight is 400 g/mol. The molecule has 0 radical (unpaired) electrons. The lowest BCUT2D eigenvalue weighted by molar-refractivity contribution is -0.386. The minimum Gasteiger partial charge on any atom is -0.493 e. The van der Waals surface area contributed by atoms with E-state index in [4.69, 9.17) is 4.74 Å². The van der Waals surface area contributed by atoms with Crippen molar-refractivity contribution < 1.29 is 19.6 Å². The van der Waals surface area contributed by atoms with Gasteiger partial charge in [-0.3, -0.25) is 14.9 Å². The van der Waals surface area contributed by atoms with Gasteiger partial charge >= 0.3 is 0 Å². The molecule has 0 heterocycles. The van der Waals surface area contributed by atoms with Gasteiger partial charge in [-0.15, -0.1) is 0 Å². The molecule has 1 unspecified atom stereocenters. The maximum absolute atomic E-state index is 12.2. The van der Waals surface area contributed by atoms with Crippen molar-refractivity contribution in [3.63, 3.8) is 0 Å². The van der Waals surface area contributed by atoms with E-state index < -0.39 is 11.0 Å².